The van der Waals surface area contributed by atoms with Crippen molar-refractivity contribution >= 4 is 0 Å². The molecule has 5 heteroatoms. The van der Waals surface area contributed by atoms with Crippen molar-refractivity contribution in [3.05, 3.63) is 65.5 Å². The first-order valence-electron chi connectivity index (χ1n) is 12.6. The normalized spacial score (nSPS) is 25.6. The van der Waals surface area contributed by atoms with E-state index in [-0.39, 0.29) is 36.3 Å². The lowest BCUT2D eigenvalue weighted by Crippen LogP contribution is -2.25. The number of alkyl halides is 1. The number of rotatable bonds is 7. The molecule has 0 bridgehead atoms. The highest BCUT2D eigenvalue weighted by Crippen LogP contribution is 2.45. The molecule has 1 nitrogen and oxygen atoms in total. The van der Waals surface area contributed by atoms with Crippen LogP contribution in [0.1, 0.15) is 69.8 Å². The summed E-state index contributed by atoms with van der Waals surface area (Å²) >= 11 is 0. The Morgan fingerprint density at radius 1 is 0.853 bits per heavy atom. The van der Waals surface area contributed by atoms with E-state index in [1.807, 2.05) is 6.08 Å². The molecule has 0 unspecified atom stereocenters. The van der Waals surface area contributed by atoms with Gasteiger partial charge in [0.05, 0.1) is 6.61 Å². The van der Waals surface area contributed by atoms with E-state index >= 15 is 4.39 Å². The fraction of sp³-hybridized carbons (Fsp3) is 0.517. The minimum absolute atomic E-state index is 0.0343. The molecule has 0 spiro atoms. The van der Waals surface area contributed by atoms with Crippen LogP contribution in [0.2, 0.25) is 0 Å². The van der Waals surface area contributed by atoms with Gasteiger partial charge in [-0.15, -0.1) is 0 Å². The zero-order valence-corrected chi connectivity index (χ0v) is 19.8. The van der Waals surface area contributed by atoms with Crippen molar-refractivity contribution in [1.82, 2.24) is 0 Å². The summed E-state index contributed by atoms with van der Waals surface area (Å²) in [7, 11) is 0. The Balaban J connectivity index is 1.38. The van der Waals surface area contributed by atoms with E-state index in [1.54, 1.807) is 25.1 Å². The van der Waals surface area contributed by atoms with E-state index in [1.165, 1.54) is 31.0 Å². The summed E-state index contributed by atoms with van der Waals surface area (Å²) in [6.45, 7) is 1.56. The second-order valence-electron chi connectivity index (χ2n) is 9.78. The third-order valence-corrected chi connectivity index (χ3v) is 7.85. The summed E-state index contributed by atoms with van der Waals surface area (Å²) in [5, 5.41) is 0. The van der Waals surface area contributed by atoms with Crippen LogP contribution in [-0.2, 0) is 0 Å². The van der Waals surface area contributed by atoms with Crippen LogP contribution in [0.15, 0.2) is 42.5 Å². The van der Waals surface area contributed by atoms with Gasteiger partial charge in [0.15, 0.2) is 11.6 Å². The van der Waals surface area contributed by atoms with Gasteiger partial charge in [-0.2, -0.15) is 4.39 Å². The van der Waals surface area contributed by atoms with Crippen LogP contribution in [-0.4, -0.2) is 13.3 Å². The van der Waals surface area contributed by atoms with Gasteiger partial charge >= 0.3 is 0 Å². The van der Waals surface area contributed by atoms with Crippen LogP contribution in [0.3, 0.4) is 0 Å². The molecule has 0 amide bonds. The third kappa shape index (κ3) is 5.50. The van der Waals surface area contributed by atoms with E-state index in [9.17, 15) is 13.2 Å². The Labute approximate surface area is 200 Å². The minimum atomic E-state index is -1.05. The van der Waals surface area contributed by atoms with Gasteiger partial charge < -0.3 is 4.74 Å². The first-order valence-corrected chi connectivity index (χ1v) is 12.6. The molecule has 2 saturated carbocycles. The van der Waals surface area contributed by atoms with Crippen LogP contribution in [0.4, 0.5) is 17.6 Å². The van der Waals surface area contributed by atoms with Gasteiger partial charge in [-0.3, -0.25) is 0 Å². The largest absolute Gasteiger partial charge is 0.491 e. The molecule has 0 radical (unpaired) electrons. The molecule has 4 rings (SSSR count). The van der Waals surface area contributed by atoms with Crippen LogP contribution >= 0.6 is 0 Å². The van der Waals surface area contributed by atoms with Crippen molar-refractivity contribution < 1.29 is 22.3 Å². The van der Waals surface area contributed by atoms with Gasteiger partial charge in [0.2, 0.25) is 5.82 Å². The van der Waals surface area contributed by atoms with Gasteiger partial charge in [-0.25, -0.2) is 13.2 Å². The van der Waals surface area contributed by atoms with Gasteiger partial charge in [0.25, 0.3) is 0 Å². The highest BCUT2D eigenvalue weighted by molar-refractivity contribution is 5.66. The first kappa shape index (κ1) is 24.8. The van der Waals surface area contributed by atoms with Crippen molar-refractivity contribution in [2.75, 3.05) is 13.3 Å². The summed E-state index contributed by atoms with van der Waals surface area (Å²) in [6, 6.07) is 7.58. The minimum Gasteiger partial charge on any atom is -0.491 e. The maximum atomic E-state index is 15.1. The Bertz CT molecular complexity index is 986. The Morgan fingerprint density at radius 2 is 1.53 bits per heavy atom. The summed E-state index contributed by atoms with van der Waals surface area (Å²) < 4.78 is 61.4. The fourth-order valence-corrected chi connectivity index (χ4v) is 6.00. The Kier molecular flexibility index (Phi) is 8.33. The van der Waals surface area contributed by atoms with Gasteiger partial charge in [-0.1, -0.05) is 24.3 Å². The highest BCUT2D eigenvalue weighted by Gasteiger charge is 2.31. The van der Waals surface area contributed by atoms with E-state index in [4.69, 9.17) is 4.74 Å². The number of allylic oxidation sites excluding steroid dienone is 2. The fourth-order valence-electron chi connectivity index (χ4n) is 6.00. The molecule has 2 aliphatic carbocycles. The monoisotopic (exact) mass is 474 g/mol. The number of halogens is 4. The predicted molar refractivity (Wildman–Crippen MR) is 128 cm³/mol. The molecule has 2 aromatic carbocycles. The molecule has 0 aromatic heterocycles. The number of hydrogen-bond donors (Lipinski definition) is 0. The summed E-state index contributed by atoms with van der Waals surface area (Å²) in [4.78, 5) is 0. The summed E-state index contributed by atoms with van der Waals surface area (Å²) in [5.41, 5.74) is 1.04. The quantitative estimate of drug-likeness (QED) is 0.288. The van der Waals surface area contributed by atoms with Gasteiger partial charge in [0.1, 0.15) is 12.5 Å². The maximum Gasteiger partial charge on any atom is 0.201 e. The lowest BCUT2D eigenvalue weighted by molar-refractivity contribution is 0.171. The van der Waals surface area contributed by atoms with Crippen LogP contribution in [0.5, 0.6) is 5.75 Å². The third-order valence-electron chi connectivity index (χ3n) is 7.85. The molecular formula is C29H34F4O. The lowest BCUT2D eigenvalue weighted by atomic mass is 9.68. The van der Waals surface area contributed by atoms with Gasteiger partial charge in [0, 0.05) is 5.56 Å². The van der Waals surface area contributed by atoms with Crippen molar-refractivity contribution in [1.29, 1.82) is 0 Å². The molecule has 184 valence electrons. The molecule has 0 N–H and O–H groups in total. The average molecular weight is 475 g/mol. The van der Waals surface area contributed by atoms with Crippen LogP contribution in [0, 0.1) is 35.2 Å². The highest BCUT2D eigenvalue weighted by atomic mass is 19.2. The van der Waals surface area contributed by atoms with E-state index < -0.39 is 11.6 Å². The second kappa shape index (κ2) is 11.4. The van der Waals surface area contributed by atoms with Crippen molar-refractivity contribution in [2.24, 2.45) is 17.8 Å². The van der Waals surface area contributed by atoms with Crippen LogP contribution in [0.25, 0.3) is 11.1 Å². The molecule has 2 fully saturated rings. The molecular weight excluding hydrogens is 440 g/mol. The molecule has 2 aliphatic rings. The smallest absolute Gasteiger partial charge is 0.201 e. The zero-order valence-electron chi connectivity index (χ0n) is 19.8. The average Bonchev–Trinajstić information content (AvgIpc) is 2.86. The molecule has 34 heavy (non-hydrogen) atoms. The molecule has 0 saturated heterocycles. The van der Waals surface area contributed by atoms with Crippen LogP contribution < -0.4 is 4.74 Å². The van der Waals surface area contributed by atoms with E-state index in [2.05, 4.69) is 0 Å². The first-order chi connectivity index (χ1) is 16.5. The van der Waals surface area contributed by atoms with Crippen molar-refractivity contribution in [2.45, 2.75) is 64.2 Å². The maximum absolute atomic E-state index is 15.1. The number of benzene rings is 2. The van der Waals surface area contributed by atoms with Gasteiger partial charge in [-0.05, 0) is 111 Å². The topological polar surface area (TPSA) is 9.23 Å². The molecule has 0 atom stereocenters. The summed E-state index contributed by atoms with van der Waals surface area (Å²) in [6.07, 6.45) is 12.4. The molecule has 2 aromatic rings. The lowest BCUT2D eigenvalue weighted by Gasteiger charge is -2.37. The van der Waals surface area contributed by atoms with E-state index in [0.29, 0.717) is 23.0 Å². The second-order valence-corrected chi connectivity index (χ2v) is 9.78. The summed E-state index contributed by atoms with van der Waals surface area (Å²) in [5.74, 6) is -0.465. The Morgan fingerprint density at radius 3 is 2.15 bits per heavy atom. The number of ether oxygens (including phenoxy) is 1. The number of hydrogen-bond acceptors (Lipinski definition) is 1. The molecule has 0 aliphatic heterocycles. The Hall–Kier alpha value is -2.30. The van der Waals surface area contributed by atoms with E-state index in [0.717, 1.165) is 44.4 Å². The van der Waals surface area contributed by atoms with Crippen molar-refractivity contribution in [3.8, 4) is 16.9 Å². The molecule has 0 heterocycles. The predicted octanol–water partition coefficient (Wildman–Crippen LogP) is 8.78. The standard InChI is InChI=1S/C29H34F4O/c1-2-34-27-16-15-25(28(32)29(27)33)23-13-14-24(26(31)18-23)22-11-9-21(10-12-22)20-7-5-19(6-8-20)4-3-17-30/h3-4,13-16,18-22H,2,5-12,17H2,1H3/b4-3+. The SMILES string of the molecule is CCOc1ccc(-c2ccc(C3CCC(C4CCC(/C=C/CF)CC4)CC3)c(F)c2)c(F)c1F. The van der Waals surface area contributed by atoms with Crippen molar-refractivity contribution in [3.63, 3.8) is 0 Å². The zero-order chi connectivity index (χ0) is 24.1.